The number of amides is 1. The van der Waals surface area contributed by atoms with Gasteiger partial charge in [-0.25, -0.2) is 4.79 Å². The molecule has 4 nitrogen and oxygen atoms in total. The van der Waals surface area contributed by atoms with Crippen LogP contribution in [-0.4, -0.2) is 28.1 Å². The molecule has 1 aliphatic rings. The maximum atomic E-state index is 12.8. The SMILES string of the molecule is CC(C)(C)OC(=O)N1CC=CC1c1cc(C(F)(F)F)ccn1. The minimum atomic E-state index is -4.45. The molecule has 0 aliphatic carbocycles. The maximum absolute atomic E-state index is 12.8. The van der Waals surface area contributed by atoms with Gasteiger partial charge in [0.05, 0.1) is 17.3 Å². The fourth-order valence-electron chi connectivity index (χ4n) is 2.07. The van der Waals surface area contributed by atoms with Gasteiger partial charge in [0.15, 0.2) is 0 Å². The van der Waals surface area contributed by atoms with Crippen LogP contribution in [0.2, 0.25) is 0 Å². The number of halogens is 3. The second-order valence-electron chi connectivity index (χ2n) is 5.97. The fourth-order valence-corrected chi connectivity index (χ4v) is 2.07. The van der Waals surface area contributed by atoms with Crippen molar-refractivity contribution in [3.05, 3.63) is 41.7 Å². The van der Waals surface area contributed by atoms with Crippen molar-refractivity contribution >= 4 is 6.09 Å². The van der Waals surface area contributed by atoms with E-state index in [1.165, 1.54) is 4.90 Å². The lowest BCUT2D eigenvalue weighted by atomic mass is 10.1. The average Bonchev–Trinajstić information content (AvgIpc) is 2.85. The third kappa shape index (κ3) is 3.78. The van der Waals surface area contributed by atoms with Gasteiger partial charge in [0.2, 0.25) is 0 Å². The normalized spacial score (nSPS) is 18.6. The van der Waals surface area contributed by atoms with Gasteiger partial charge in [-0.3, -0.25) is 9.88 Å². The molecule has 1 aromatic rings. The maximum Gasteiger partial charge on any atom is 0.416 e. The minimum Gasteiger partial charge on any atom is -0.444 e. The molecular weight excluding hydrogens is 297 g/mol. The molecule has 22 heavy (non-hydrogen) atoms. The van der Waals surface area contributed by atoms with E-state index in [-0.39, 0.29) is 12.2 Å². The number of alkyl halides is 3. The Morgan fingerprint density at radius 1 is 1.36 bits per heavy atom. The average molecular weight is 314 g/mol. The molecule has 2 heterocycles. The summed E-state index contributed by atoms with van der Waals surface area (Å²) in [5.74, 6) is 0. The fraction of sp³-hybridized carbons (Fsp3) is 0.467. The van der Waals surface area contributed by atoms with Gasteiger partial charge in [-0.15, -0.1) is 0 Å². The van der Waals surface area contributed by atoms with E-state index in [2.05, 4.69) is 4.98 Å². The molecule has 1 amide bonds. The summed E-state index contributed by atoms with van der Waals surface area (Å²) in [6.07, 6.45) is -0.584. The Kier molecular flexibility index (Phi) is 4.17. The monoisotopic (exact) mass is 314 g/mol. The van der Waals surface area contributed by atoms with Crippen LogP contribution in [-0.2, 0) is 10.9 Å². The highest BCUT2D eigenvalue weighted by Gasteiger charge is 2.34. The Labute approximate surface area is 126 Å². The van der Waals surface area contributed by atoms with Gasteiger partial charge in [-0.05, 0) is 32.9 Å². The molecule has 0 spiro atoms. The molecule has 0 radical (unpaired) electrons. The number of hydrogen-bond donors (Lipinski definition) is 0. The predicted molar refractivity (Wildman–Crippen MR) is 74.1 cm³/mol. The van der Waals surface area contributed by atoms with Crippen LogP contribution in [0.5, 0.6) is 0 Å². The second kappa shape index (κ2) is 5.62. The van der Waals surface area contributed by atoms with Crippen molar-refractivity contribution in [1.29, 1.82) is 0 Å². The lowest BCUT2D eigenvalue weighted by Gasteiger charge is -2.28. The summed E-state index contributed by atoms with van der Waals surface area (Å²) in [7, 11) is 0. The van der Waals surface area contributed by atoms with Gasteiger partial charge in [0, 0.05) is 12.7 Å². The van der Waals surface area contributed by atoms with Crippen molar-refractivity contribution < 1.29 is 22.7 Å². The summed E-state index contributed by atoms with van der Waals surface area (Å²) in [6, 6.07) is 1.20. The van der Waals surface area contributed by atoms with Crippen molar-refractivity contribution in [3.8, 4) is 0 Å². The third-order valence-electron chi connectivity index (χ3n) is 3.00. The summed E-state index contributed by atoms with van der Waals surface area (Å²) < 4.78 is 43.6. The van der Waals surface area contributed by atoms with Gasteiger partial charge in [0.25, 0.3) is 0 Å². The summed E-state index contributed by atoms with van der Waals surface area (Å²) in [4.78, 5) is 17.4. The topological polar surface area (TPSA) is 42.4 Å². The molecule has 0 aromatic carbocycles. The van der Waals surface area contributed by atoms with Crippen molar-refractivity contribution in [2.45, 2.75) is 38.6 Å². The Morgan fingerprint density at radius 2 is 2.05 bits per heavy atom. The summed E-state index contributed by atoms with van der Waals surface area (Å²) in [5, 5.41) is 0. The smallest absolute Gasteiger partial charge is 0.416 e. The van der Waals surface area contributed by atoms with Crippen LogP contribution in [0.3, 0.4) is 0 Å². The van der Waals surface area contributed by atoms with Crippen LogP contribution in [0.15, 0.2) is 30.5 Å². The first-order valence-electron chi connectivity index (χ1n) is 6.77. The summed E-state index contributed by atoms with van der Waals surface area (Å²) in [5.41, 5.74) is -1.30. The van der Waals surface area contributed by atoms with Crippen LogP contribution >= 0.6 is 0 Å². The van der Waals surface area contributed by atoms with Gasteiger partial charge >= 0.3 is 12.3 Å². The standard InChI is InChI=1S/C15H17F3N2O2/c1-14(2,3)22-13(21)20-8-4-5-12(20)11-9-10(6-7-19-11)15(16,17)18/h4-7,9,12H,8H2,1-3H3. The number of nitrogens with zero attached hydrogens (tertiary/aromatic N) is 2. The molecule has 0 saturated heterocycles. The highest BCUT2D eigenvalue weighted by atomic mass is 19.4. The first-order valence-corrected chi connectivity index (χ1v) is 6.77. The summed E-state index contributed by atoms with van der Waals surface area (Å²) >= 11 is 0. The zero-order chi connectivity index (χ0) is 16.5. The Morgan fingerprint density at radius 3 is 2.64 bits per heavy atom. The van der Waals surface area contributed by atoms with E-state index in [1.54, 1.807) is 32.9 Å². The molecule has 0 N–H and O–H groups in total. The molecule has 1 aromatic heterocycles. The molecule has 1 aliphatic heterocycles. The van der Waals surface area contributed by atoms with E-state index in [0.717, 1.165) is 18.3 Å². The lowest BCUT2D eigenvalue weighted by Crippen LogP contribution is -2.37. The molecule has 120 valence electrons. The first kappa shape index (κ1) is 16.3. The van der Waals surface area contributed by atoms with E-state index >= 15 is 0 Å². The highest BCUT2D eigenvalue weighted by Crippen LogP contribution is 2.33. The Hall–Kier alpha value is -2.05. The van der Waals surface area contributed by atoms with Crippen LogP contribution in [0.4, 0.5) is 18.0 Å². The van der Waals surface area contributed by atoms with Gasteiger partial charge in [-0.2, -0.15) is 13.2 Å². The van der Waals surface area contributed by atoms with Gasteiger partial charge in [-0.1, -0.05) is 12.2 Å². The van der Waals surface area contributed by atoms with E-state index in [0.29, 0.717) is 0 Å². The highest BCUT2D eigenvalue weighted by molar-refractivity contribution is 5.70. The molecule has 1 unspecified atom stereocenters. The van der Waals surface area contributed by atoms with Crippen LogP contribution in [0, 0.1) is 0 Å². The van der Waals surface area contributed by atoms with Crippen molar-refractivity contribution in [1.82, 2.24) is 9.88 Å². The number of ether oxygens (including phenoxy) is 1. The van der Waals surface area contributed by atoms with E-state index in [9.17, 15) is 18.0 Å². The number of carbonyl (C=O) groups excluding carboxylic acids is 1. The second-order valence-corrected chi connectivity index (χ2v) is 5.97. The number of pyridine rings is 1. The molecule has 0 bridgehead atoms. The zero-order valence-corrected chi connectivity index (χ0v) is 12.5. The van der Waals surface area contributed by atoms with E-state index < -0.39 is 29.5 Å². The quantitative estimate of drug-likeness (QED) is 0.737. The molecule has 7 heteroatoms. The molecule has 2 rings (SSSR count). The van der Waals surface area contributed by atoms with Crippen LogP contribution in [0.25, 0.3) is 0 Å². The molecule has 0 saturated carbocycles. The molecule has 0 fully saturated rings. The van der Waals surface area contributed by atoms with E-state index in [1.807, 2.05) is 0 Å². The van der Waals surface area contributed by atoms with Gasteiger partial charge < -0.3 is 4.74 Å². The predicted octanol–water partition coefficient (Wildman–Crippen LogP) is 3.95. The number of carbonyl (C=O) groups is 1. The number of aromatic nitrogens is 1. The lowest BCUT2D eigenvalue weighted by molar-refractivity contribution is -0.137. The van der Waals surface area contributed by atoms with Gasteiger partial charge in [0.1, 0.15) is 5.60 Å². The Balaban J connectivity index is 2.24. The molecular formula is C15H17F3N2O2. The molecule has 1 atom stereocenters. The van der Waals surface area contributed by atoms with Crippen LogP contribution < -0.4 is 0 Å². The number of hydrogen-bond acceptors (Lipinski definition) is 3. The van der Waals surface area contributed by atoms with Crippen LogP contribution in [0.1, 0.15) is 38.1 Å². The third-order valence-corrected chi connectivity index (χ3v) is 3.00. The number of rotatable bonds is 1. The Bertz CT molecular complexity index is 591. The van der Waals surface area contributed by atoms with Crippen molar-refractivity contribution in [3.63, 3.8) is 0 Å². The largest absolute Gasteiger partial charge is 0.444 e. The summed E-state index contributed by atoms with van der Waals surface area (Å²) in [6.45, 7) is 5.46. The van der Waals surface area contributed by atoms with Crippen molar-refractivity contribution in [2.24, 2.45) is 0 Å². The zero-order valence-electron chi connectivity index (χ0n) is 12.5. The minimum absolute atomic E-state index is 0.162. The van der Waals surface area contributed by atoms with E-state index in [4.69, 9.17) is 4.74 Å². The first-order chi connectivity index (χ1) is 10.1. The van der Waals surface area contributed by atoms with Crippen molar-refractivity contribution in [2.75, 3.05) is 6.54 Å².